The molecule has 1 aliphatic rings. The van der Waals surface area contributed by atoms with Crippen molar-refractivity contribution in [2.45, 2.75) is 26.3 Å². The fourth-order valence-electron chi connectivity index (χ4n) is 2.43. The van der Waals surface area contributed by atoms with E-state index in [1.165, 1.54) is 12.8 Å². The molecule has 27 heavy (non-hydrogen) atoms. The average Bonchev–Trinajstić information content (AvgIpc) is 3.50. The van der Waals surface area contributed by atoms with Crippen molar-refractivity contribution in [3.63, 3.8) is 0 Å². The molecule has 0 amide bonds. The Hall–Kier alpha value is -2.03. The number of aliphatic imine (C=N–C) groups is 1. The molecule has 0 saturated heterocycles. The fourth-order valence-corrected chi connectivity index (χ4v) is 2.43. The van der Waals surface area contributed by atoms with Gasteiger partial charge in [-0.2, -0.15) is 0 Å². The van der Waals surface area contributed by atoms with Crippen molar-refractivity contribution in [1.29, 1.82) is 0 Å². The summed E-state index contributed by atoms with van der Waals surface area (Å²) in [6.45, 7) is 4.49. The first-order valence-corrected chi connectivity index (χ1v) is 9.06. The fraction of sp³-hybridized carbons (Fsp3) is 0.400. The second-order valence-electron chi connectivity index (χ2n) is 6.31. The molecule has 7 heteroatoms. The van der Waals surface area contributed by atoms with Crippen LogP contribution in [0.15, 0.2) is 47.6 Å². The summed E-state index contributed by atoms with van der Waals surface area (Å²) in [6, 6.07) is 11.3. The quantitative estimate of drug-likeness (QED) is 0.339. The highest BCUT2D eigenvalue weighted by Gasteiger charge is 2.20. The number of rotatable bonds is 8. The summed E-state index contributed by atoms with van der Waals surface area (Å²) in [7, 11) is 1.63. The first-order chi connectivity index (χ1) is 12.8. The molecule has 1 fully saturated rings. The first kappa shape index (κ1) is 21.3. The van der Waals surface area contributed by atoms with Gasteiger partial charge in [-0.15, -0.1) is 24.0 Å². The maximum absolute atomic E-state index is 5.76. The number of aromatic nitrogens is 1. The molecule has 1 saturated carbocycles. The molecular weight excluding hydrogens is 455 g/mol. The van der Waals surface area contributed by atoms with Gasteiger partial charge >= 0.3 is 0 Å². The van der Waals surface area contributed by atoms with E-state index in [1.807, 2.05) is 36.4 Å². The lowest BCUT2D eigenvalue weighted by Gasteiger charge is -2.11. The third-order valence-corrected chi connectivity index (χ3v) is 4.08. The van der Waals surface area contributed by atoms with Crippen LogP contribution in [-0.4, -0.2) is 31.1 Å². The summed E-state index contributed by atoms with van der Waals surface area (Å²) in [5.74, 6) is 3.67. The van der Waals surface area contributed by atoms with Crippen LogP contribution in [0.25, 0.3) is 0 Å². The highest BCUT2D eigenvalue weighted by molar-refractivity contribution is 14.0. The van der Waals surface area contributed by atoms with Crippen LogP contribution in [-0.2, 0) is 6.54 Å². The van der Waals surface area contributed by atoms with Gasteiger partial charge in [-0.1, -0.05) is 12.1 Å². The van der Waals surface area contributed by atoms with E-state index in [0.717, 1.165) is 36.3 Å². The zero-order chi connectivity index (χ0) is 18.2. The average molecular weight is 482 g/mol. The maximum Gasteiger partial charge on any atom is 0.219 e. The van der Waals surface area contributed by atoms with Crippen molar-refractivity contribution >= 4 is 29.9 Å². The number of nitrogens with one attached hydrogen (secondary N) is 2. The molecule has 3 rings (SSSR count). The van der Waals surface area contributed by atoms with Gasteiger partial charge in [-0.3, -0.25) is 0 Å². The molecule has 146 valence electrons. The molecule has 1 aromatic heterocycles. The van der Waals surface area contributed by atoms with E-state index in [1.54, 1.807) is 13.3 Å². The summed E-state index contributed by atoms with van der Waals surface area (Å²) < 4.78 is 11.0. The number of ether oxygens (including phenoxy) is 2. The lowest BCUT2D eigenvalue weighted by Crippen LogP contribution is -2.38. The van der Waals surface area contributed by atoms with Crippen LogP contribution in [0.2, 0.25) is 0 Å². The predicted molar refractivity (Wildman–Crippen MR) is 118 cm³/mol. The van der Waals surface area contributed by atoms with Crippen LogP contribution in [0.1, 0.15) is 25.3 Å². The molecule has 0 atom stereocenters. The topological polar surface area (TPSA) is 67.8 Å². The number of methoxy groups -OCH3 is 1. The molecule has 0 aliphatic heterocycles. The van der Waals surface area contributed by atoms with Gasteiger partial charge in [-0.25, -0.2) is 9.98 Å². The van der Waals surface area contributed by atoms with E-state index in [-0.39, 0.29) is 24.0 Å². The molecule has 1 heterocycles. The zero-order valence-corrected chi connectivity index (χ0v) is 18.1. The Balaban J connectivity index is 0.00000261. The van der Waals surface area contributed by atoms with Crippen LogP contribution < -0.4 is 20.1 Å². The van der Waals surface area contributed by atoms with Gasteiger partial charge in [0.25, 0.3) is 0 Å². The Bertz CT molecular complexity index is 733. The van der Waals surface area contributed by atoms with Gasteiger partial charge in [0.15, 0.2) is 5.96 Å². The molecule has 2 N–H and O–H groups in total. The van der Waals surface area contributed by atoms with Crippen molar-refractivity contribution in [3.8, 4) is 17.4 Å². The maximum atomic E-state index is 5.76. The van der Waals surface area contributed by atoms with E-state index >= 15 is 0 Å². The zero-order valence-electron chi connectivity index (χ0n) is 15.8. The molecule has 2 aromatic rings. The second-order valence-corrected chi connectivity index (χ2v) is 6.31. The minimum absolute atomic E-state index is 0. The van der Waals surface area contributed by atoms with E-state index in [0.29, 0.717) is 18.2 Å². The summed E-state index contributed by atoms with van der Waals surface area (Å²) in [4.78, 5) is 8.98. The monoisotopic (exact) mass is 482 g/mol. The summed E-state index contributed by atoms with van der Waals surface area (Å²) in [5, 5.41) is 6.66. The molecular formula is C20H27IN4O2. The molecule has 1 aromatic carbocycles. The summed E-state index contributed by atoms with van der Waals surface area (Å²) >= 11 is 0. The molecule has 0 bridgehead atoms. The van der Waals surface area contributed by atoms with E-state index in [9.17, 15) is 0 Å². The Morgan fingerprint density at radius 2 is 2.00 bits per heavy atom. The number of halogens is 1. The van der Waals surface area contributed by atoms with Gasteiger partial charge in [0.2, 0.25) is 5.88 Å². The van der Waals surface area contributed by atoms with Gasteiger partial charge in [0.1, 0.15) is 11.5 Å². The normalized spacial score (nSPS) is 13.5. The largest absolute Gasteiger partial charge is 0.497 e. The molecule has 0 radical (unpaired) electrons. The Kier molecular flexibility index (Phi) is 8.63. The van der Waals surface area contributed by atoms with Crippen molar-refractivity contribution in [1.82, 2.24) is 15.6 Å². The van der Waals surface area contributed by atoms with Crippen LogP contribution in [0.5, 0.6) is 17.4 Å². The van der Waals surface area contributed by atoms with Gasteiger partial charge in [-0.05, 0) is 43.4 Å². The van der Waals surface area contributed by atoms with Crippen molar-refractivity contribution in [3.05, 3.63) is 48.2 Å². The third kappa shape index (κ3) is 7.24. The molecule has 6 nitrogen and oxygen atoms in total. The summed E-state index contributed by atoms with van der Waals surface area (Å²) in [5.41, 5.74) is 1.03. The van der Waals surface area contributed by atoms with E-state index in [4.69, 9.17) is 9.47 Å². The van der Waals surface area contributed by atoms with E-state index in [2.05, 4.69) is 27.5 Å². The highest BCUT2D eigenvalue weighted by Crippen LogP contribution is 2.27. The standard InChI is InChI=1S/C20H26N4O2.HI/c1-3-21-20(23-12-15-7-8-15)24-14-16-9-10-19(22-13-16)26-18-6-4-5-17(11-18)25-2;/h4-6,9-11,13,15H,3,7-8,12,14H2,1-2H3,(H2,21,23,24);1H. The number of nitrogens with zero attached hydrogens (tertiary/aromatic N) is 2. The van der Waals surface area contributed by atoms with Gasteiger partial charge < -0.3 is 20.1 Å². The third-order valence-electron chi connectivity index (χ3n) is 4.08. The van der Waals surface area contributed by atoms with Gasteiger partial charge in [0.05, 0.1) is 13.7 Å². The van der Waals surface area contributed by atoms with Crippen molar-refractivity contribution < 1.29 is 9.47 Å². The Morgan fingerprint density at radius 3 is 2.67 bits per heavy atom. The lowest BCUT2D eigenvalue weighted by molar-refractivity contribution is 0.407. The second kappa shape index (κ2) is 11.0. The number of benzene rings is 1. The first-order valence-electron chi connectivity index (χ1n) is 9.06. The lowest BCUT2D eigenvalue weighted by atomic mass is 10.3. The number of pyridine rings is 1. The van der Waals surface area contributed by atoms with Crippen LogP contribution >= 0.6 is 24.0 Å². The highest BCUT2D eigenvalue weighted by atomic mass is 127. The van der Waals surface area contributed by atoms with Gasteiger partial charge in [0, 0.05) is 31.4 Å². The van der Waals surface area contributed by atoms with Crippen molar-refractivity contribution in [2.24, 2.45) is 10.9 Å². The minimum Gasteiger partial charge on any atom is -0.497 e. The molecule has 0 spiro atoms. The minimum atomic E-state index is 0. The molecule has 0 unspecified atom stereocenters. The number of guanidine groups is 1. The number of hydrogen-bond donors (Lipinski definition) is 2. The molecule has 1 aliphatic carbocycles. The van der Waals surface area contributed by atoms with Crippen LogP contribution in [0, 0.1) is 5.92 Å². The smallest absolute Gasteiger partial charge is 0.219 e. The number of hydrogen-bond acceptors (Lipinski definition) is 4. The Morgan fingerprint density at radius 1 is 1.19 bits per heavy atom. The van der Waals surface area contributed by atoms with Crippen molar-refractivity contribution in [2.75, 3.05) is 20.2 Å². The van der Waals surface area contributed by atoms with Crippen LogP contribution in [0.4, 0.5) is 0 Å². The van der Waals surface area contributed by atoms with Crippen LogP contribution in [0.3, 0.4) is 0 Å². The predicted octanol–water partition coefficient (Wildman–Crippen LogP) is 3.97. The SMILES string of the molecule is CCNC(=NCc1ccc(Oc2cccc(OC)c2)nc1)NCC1CC1.I. The Labute approximate surface area is 177 Å². The summed E-state index contributed by atoms with van der Waals surface area (Å²) in [6.07, 6.45) is 4.44. The van der Waals surface area contributed by atoms with E-state index < -0.39 is 0 Å².